The van der Waals surface area contributed by atoms with Crippen LogP contribution in [0.25, 0.3) is 0 Å². The van der Waals surface area contributed by atoms with Crippen molar-refractivity contribution in [1.82, 2.24) is 0 Å². The van der Waals surface area contributed by atoms with Crippen molar-refractivity contribution in [3.8, 4) is 23.0 Å². The average molecular weight is 327 g/mol. The van der Waals surface area contributed by atoms with E-state index in [1.54, 1.807) is 30.3 Å². The Morgan fingerprint density at radius 2 is 1.42 bits per heavy atom. The van der Waals surface area contributed by atoms with Crippen LogP contribution in [0.1, 0.15) is 11.1 Å². The molecule has 0 atom stereocenters. The molecule has 24 heavy (non-hydrogen) atoms. The van der Waals surface area contributed by atoms with E-state index in [1.807, 2.05) is 12.1 Å². The molecule has 0 aliphatic rings. The molecule has 4 heteroatoms. The lowest BCUT2D eigenvalue weighted by Crippen LogP contribution is -1.95. The molecule has 0 aromatic heterocycles. The van der Waals surface area contributed by atoms with E-state index >= 15 is 0 Å². The van der Waals surface area contributed by atoms with Gasteiger partial charge in [0.2, 0.25) is 0 Å². The number of phenolic OH excluding ortho intramolecular Hbond substituents is 1. The smallest absolute Gasteiger partial charge is 0.160 e. The van der Waals surface area contributed by atoms with Crippen molar-refractivity contribution < 1.29 is 19.7 Å². The molecule has 0 spiro atoms. The van der Waals surface area contributed by atoms with Gasteiger partial charge in [-0.25, -0.2) is 0 Å². The lowest BCUT2D eigenvalue weighted by atomic mass is 10.1. The van der Waals surface area contributed by atoms with Crippen LogP contribution in [0.2, 0.25) is 0 Å². The summed E-state index contributed by atoms with van der Waals surface area (Å²) in [7, 11) is 3.03. The van der Waals surface area contributed by atoms with E-state index in [9.17, 15) is 10.2 Å². The topological polar surface area (TPSA) is 61.8 Å². The van der Waals surface area contributed by atoms with Gasteiger partial charge in [0.05, 0.1) is 14.2 Å². The van der Waals surface area contributed by atoms with Gasteiger partial charge in [-0.3, -0.25) is 0 Å². The molecule has 1 N–H and O–H groups in total. The number of aromatic hydroxyl groups is 1. The summed E-state index contributed by atoms with van der Waals surface area (Å²) in [6.07, 6.45) is 5.15. The second-order valence-corrected chi connectivity index (χ2v) is 4.98. The number of phenols is 1. The highest BCUT2D eigenvalue weighted by Gasteiger charge is 2.00. The van der Waals surface area contributed by atoms with Gasteiger partial charge in [-0.1, -0.05) is 36.1 Å². The second kappa shape index (κ2) is 10.0. The van der Waals surface area contributed by atoms with Gasteiger partial charge in [-0.2, -0.15) is 0 Å². The lowest BCUT2D eigenvalue weighted by molar-refractivity contribution is -0.270. The highest BCUT2D eigenvalue weighted by atomic mass is 16.5. The molecule has 128 valence electrons. The minimum Gasteiger partial charge on any atom is -0.870 e. The van der Waals surface area contributed by atoms with E-state index in [1.165, 1.54) is 20.3 Å². The highest BCUT2D eigenvalue weighted by Crippen LogP contribution is 2.26. The summed E-state index contributed by atoms with van der Waals surface area (Å²) in [6.45, 7) is 7.25. The maximum Gasteiger partial charge on any atom is 0.160 e. The summed E-state index contributed by atoms with van der Waals surface area (Å²) in [5.74, 6) is 0.999. The molecule has 0 fully saturated rings. The Morgan fingerprint density at radius 1 is 0.917 bits per heavy atom. The van der Waals surface area contributed by atoms with Crippen LogP contribution < -0.4 is 14.6 Å². The summed E-state index contributed by atoms with van der Waals surface area (Å²) in [5, 5.41) is 20.3. The van der Waals surface area contributed by atoms with E-state index in [4.69, 9.17) is 9.47 Å². The minimum atomic E-state index is -0.0784. The van der Waals surface area contributed by atoms with Crippen molar-refractivity contribution in [2.45, 2.75) is 12.8 Å². The minimum absolute atomic E-state index is 0.0784. The number of hydrogen-bond donors (Lipinski definition) is 1. The van der Waals surface area contributed by atoms with Crippen molar-refractivity contribution in [2.75, 3.05) is 14.2 Å². The number of ether oxygens (including phenoxy) is 2. The third kappa shape index (κ3) is 5.72. The molecule has 0 saturated carbocycles. The first-order valence-electron chi connectivity index (χ1n) is 7.47. The molecule has 2 aromatic carbocycles. The molecule has 0 bridgehead atoms. The molecule has 0 aliphatic heterocycles. The van der Waals surface area contributed by atoms with Crippen LogP contribution in [0.15, 0.2) is 61.7 Å². The molecule has 0 heterocycles. The lowest BCUT2D eigenvalue weighted by Gasteiger charge is -2.12. The molecule has 0 saturated heterocycles. The highest BCUT2D eigenvalue weighted by molar-refractivity contribution is 5.42. The van der Waals surface area contributed by atoms with Crippen LogP contribution in [0.3, 0.4) is 0 Å². The second-order valence-electron chi connectivity index (χ2n) is 4.98. The average Bonchev–Trinajstić information content (AvgIpc) is 2.59. The number of hydrogen-bond acceptors (Lipinski definition) is 4. The van der Waals surface area contributed by atoms with Crippen molar-refractivity contribution >= 4 is 0 Å². The molecule has 0 unspecified atom stereocenters. The van der Waals surface area contributed by atoms with Gasteiger partial charge in [0.25, 0.3) is 0 Å². The van der Waals surface area contributed by atoms with E-state index in [0.29, 0.717) is 11.5 Å². The number of rotatable bonds is 6. The third-order valence-electron chi connectivity index (χ3n) is 3.23. The van der Waals surface area contributed by atoms with Gasteiger partial charge in [0.15, 0.2) is 11.5 Å². The zero-order chi connectivity index (χ0) is 17.9. The summed E-state index contributed by atoms with van der Waals surface area (Å²) in [6, 6.07) is 10.3. The van der Waals surface area contributed by atoms with Crippen molar-refractivity contribution in [3.05, 3.63) is 72.8 Å². The van der Waals surface area contributed by atoms with Crippen molar-refractivity contribution in [3.63, 3.8) is 0 Å². The summed E-state index contributed by atoms with van der Waals surface area (Å²) in [4.78, 5) is 0. The first-order chi connectivity index (χ1) is 11.5. The molecule has 0 aliphatic carbocycles. The normalized spacial score (nSPS) is 9.42. The van der Waals surface area contributed by atoms with E-state index in [2.05, 4.69) is 13.2 Å². The number of methoxy groups -OCH3 is 2. The maximum absolute atomic E-state index is 11.1. The Hall–Kier alpha value is -2.88. The van der Waals surface area contributed by atoms with Gasteiger partial charge in [-0.05, 0) is 42.2 Å². The van der Waals surface area contributed by atoms with Crippen LogP contribution in [-0.2, 0) is 12.8 Å². The molecule has 2 rings (SSSR count). The van der Waals surface area contributed by atoms with Gasteiger partial charge in [0, 0.05) is 0 Å². The number of benzene rings is 2. The van der Waals surface area contributed by atoms with Gasteiger partial charge in [0.1, 0.15) is 5.75 Å². The van der Waals surface area contributed by atoms with Crippen LogP contribution in [0.5, 0.6) is 23.0 Å². The Balaban J connectivity index is 0.000000240. The molecular formula is C20H23O4-. The van der Waals surface area contributed by atoms with Crippen molar-refractivity contribution in [2.24, 2.45) is 0 Å². The SMILES string of the molecule is C=CCc1ccc(O)c(OC)c1.C=CCc1ccc([O-])c(OC)c1. The quantitative estimate of drug-likeness (QED) is 0.823. The molecular weight excluding hydrogens is 304 g/mol. The van der Waals surface area contributed by atoms with E-state index in [-0.39, 0.29) is 11.5 Å². The zero-order valence-electron chi connectivity index (χ0n) is 14.1. The Morgan fingerprint density at radius 3 is 1.92 bits per heavy atom. The number of allylic oxidation sites excluding steroid dienone is 2. The fraction of sp³-hybridized carbons (Fsp3) is 0.200. The predicted octanol–water partition coefficient (Wildman–Crippen LogP) is 3.63. The Kier molecular flexibility index (Phi) is 7.99. The van der Waals surface area contributed by atoms with Gasteiger partial charge < -0.3 is 19.7 Å². The fourth-order valence-electron chi connectivity index (χ4n) is 2.02. The standard InChI is InChI=1S/2C10H12O2/c2*1-3-4-8-5-6-9(11)10(7-8)12-2/h2*3,5-7,11H,1,4H2,2H3/p-1. The van der Waals surface area contributed by atoms with Crippen molar-refractivity contribution in [1.29, 1.82) is 0 Å². The maximum atomic E-state index is 11.1. The Bertz CT molecular complexity index is 618. The summed E-state index contributed by atoms with van der Waals surface area (Å²) >= 11 is 0. The van der Waals surface area contributed by atoms with Crippen LogP contribution in [0.4, 0.5) is 0 Å². The van der Waals surface area contributed by atoms with Gasteiger partial charge >= 0.3 is 0 Å². The van der Waals surface area contributed by atoms with E-state index in [0.717, 1.165) is 24.0 Å². The monoisotopic (exact) mass is 327 g/mol. The fourth-order valence-corrected chi connectivity index (χ4v) is 2.02. The predicted molar refractivity (Wildman–Crippen MR) is 94.9 cm³/mol. The summed E-state index contributed by atoms with van der Waals surface area (Å²) < 4.78 is 9.83. The van der Waals surface area contributed by atoms with E-state index < -0.39 is 0 Å². The molecule has 0 amide bonds. The third-order valence-corrected chi connectivity index (χ3v) is 3.23. The first-order valence-corrected chi connectivity index (χ1v) is 7.47. The Labute approximate surface area is 143 Å². The summed E-state index contributed by atoms with van der Waals surface area (Å²) in [5.41, 5.74) is 2.13. The molecule has 2 aromatic rings. The molecule has 0 radical (unpaired) electrons. The first kappa shape index (κ1) is 19.2. The van der Waals surface area contributed by atoms with Crippen LogP contribution in [0, 0.1) is 0 Å². The van der Waals surface area contributed by atoms with Gasteiger partial charge in [-0.15, -0.1) is 13.2 Å². The largest absolute Gasteiger partial charge is 0.870 e. The van der Waals surface area contributed by atoms with Crippen LogP contribution >= 0.6 is 0 Å². The molecule has 4 nitrogen and oxygen atoms in total. The van der Waals surface area contributed by atoms with Crippen LogP contribution in [-0.4, -0.2) is 19.3 Å². The zero-order valence-corrected chi connectivity index (χ0v) is 14.1.